The number of ether oxygens (including phenoxy) is 1. The SMILES string of the molecule is N#Cc1ccc2c(c1)NCCO2. The largest absolute Gasteiger partial charge is 0.490 e. The number of nitrogens with one attached hydrogen (secondary N) is 1. The molecule has 1 heterocycles. The highest BCUT2D eigenvalue weighted by Gasteiger charge is 2.08. The van der Waals surface area contributed by atoms with Crippen molar-refractivity contribution in [3.63, 3.8) is 0 Å². The standard InChI is InChI=1S/C9H8N2O/c10-6-7-1-2-9-8(5-7)11-3-4-12-9/h1-2,5,11H,3-4H2. The topological polar surface area (TPSA) is 45.0 Å². The van der Waals surface area contributed by atoms with Crippen molar-refractivity contribution in [2.45, 2.75) is 0 Å². The molecule has 3 heteroatoms. The second-order valence-corrected chi connectivity index (χ2v) is 2.60. The molecule has 0 amide bonds. The molecule has 0 unspecified atom stereocenters. The van der Waals surface area contributed by atoms with Gasteiger partial charge < -0.3 is 10.1 Å². The molecule has 0 fully saturated rings. The molecule has 60 valence electrons. The number of fused-ring (bicyclic) bond motifs is 1. The number of nitriles is 1. The first-order valence-corrected chi connectivity index (χ1v) is 3.81. The molecule has 1 aromatic rings. The summed E-state index contributed by atoms with van der Waals surface area (Å²) in [5, 5.41) is 11.8. The predicted molar refractivity (Wildman–Crippen MR) is 45.1 cm³/mol. The molecular formula is C9H8N2O. The van der Waals surface area contributed by atoms with Gasteiger partial charge in [0.2, 0.25) is 0 Å². The minimum Gasteiger partial charge on any atom is -0.490 e. The van der Waals surface area contributed by atoms with Crippen LogP contribution in [-0.2, 0) is 0 Å². The Morgan fingerprint density at radius 2 is 2.42 bits per heavy atom. The lowest BCUT2D eigenvalue weighted by molar-refractivity contribution is 0.323. The van der Waals surface area contributed by atoms with Crippen molar-refractivity contribution in [2.24, 2.45) is 0 Å². The van der Waals surface area contributed by atoms with Crippen LogP contribution in [0.1, 0.15) is 5.56 Å². The minimum atomic E-state index is 0.659. The van der Waals surface area contributed by atoms with Crippen molar-refractivity contribution in [1.29, 1.82) is 5.26 Å². The van der Waals surface area contributed by atoms with Gasteiger partial charge in [0, 0.05) is 6.54 Å². The van der Waals surface area contributed by atoms with Gasteiger partial charge in [0.25, 0.3) is 0 Å². The highest BCUT2D eigenvalue weighted by molar-refractivity contribution is 5.60. The van der Waals surface area contributed by atoms with E-state index in [9.17, 15) is 0 Å². The fourth-order valence-corrected chi connectivity index (χ4v) is 1.21. The van der Waals surface area contributed by atoms with E-state index in [4.69, 9.17) is 10.00 Å². The molecule has 2 rings (SSSR count). The second-order valence-electron chi connectivity index (χ2n) is 2.60. The molecular weight excluding hydrogens is 152 g/mol. The van der Waals surface area contributed by atoms with E-state index in [-0.39, 0.29) is 0 Å². The summed E-state index contributed by atoms with van der Waals surface area (Å²) in [6.07, 6.45) is 0. The summed E-state index contributed by atoms with van der Waals surface area (Å²) in [5.41, 5.74) is 1.58. The van der Waals surface area contributed by atoms with Gasteiger partial charge in [-0.25, -0.2) is 0 Å². The maximum Gasteiger partial charge on any atom is 0.142 e. The second kappa shape index (κ2) is 2.74. The highest BCUT2D eigenvalue weighted by Crippen LogP contribution is 2.27. The Labute approximate surface area is 70.6 Å². The lowest BCUT2D eigenvalue weighted by atomic mass is 10.2. The van der Waals surface area contributed by atoms with Crippen LogP contribution in [0.5, 0.6) is 5.75 Å². The van der Waals surface area contributed by atoms with Gasteiger partial charge in [-0.1, -0.05) is 0 Å². The molecule has 0 saturated heterocycles. The van der Waals surface area contributed by atoms with Crippen LogP contribution >= 0.6 is 0 Å². The summed E-state index contributed by atoms with van der Waals surface area (Å²) in [6.45, 7) is 1.50. The molecule has 1 N–H and O–H groups in total. The minimum absolute atomic E-state index is 0.659. The summed E-state index contributed by atoms with van der Waals surface area (Å²) >= 11 is 0. The van der Waals surface area contributed by atoms with Crippen LogP contribution < -0.4 is 10.1 Å². The first-order chi connectivity index (χ1) is 5.90. The van der Waals surface area contributed by atoms with Crippen molar-refractivity contribution in [2.75, 3.05) is 18.5 Å². The van der Waals surface area contributed by atoms with Gasteiger partial charge in [-0.3, -0.25) is 0 Å². The molecule has 12 heavy (non-hydrogen) atoms. The summed E-state index contributed by atoms with van der Waals surface area (Å²) in [4.78, 5) is 0. The third-order valence-corrected chi connectivity index (χ3v) is 1.78. The Balaban J connectivity index is 2.44. The van der Waals surface area contributed by atoms with Crippen LogP contribution in [0, 0.1) is 11.3 Å². The molecule has 1 aliphatic heterocycles. The van der Waals surface area contributed by atoms with Crippen LogP contribution in [0.4, 0.5) is 5.69 Å². The van der Waals surface area contributed by atoms with Crippen molar-refractivity contribution >= 4 is 5.69 Å². The van der Waals surface area contributed by atoms with E-state index in [1.807, 2.05) is 6.07 Å². The van der Waals surface area contributed by atoms with Crippen molar-refractivity contribution < 1.29 is 4.74 Å². The van der Waals surface area contributed by atoms with Gasteiger partial charge in [0.1, 0.15) is 12.4 Å². The van der Waals surface area contributed by atoms with E-state index < -0.39 is 0 Å². The average molecular weight is 160 g/mol. The fourth-order valence-electron chi connectivity index (χ4n) is 1.21. The summed E-state index contributed by atoms with van der Waals surface area (Å²) in [5.74, 6) is 0.834. The molecule has 1 aliphatic rings. The zero-order valence-electron chi connectivity index (χ0n) is 6.50. The lowest BCUT2D eigenvalue weighted by Crippen LogP contribution is -2.17. The molecule has 3 nitrogen and oxygen atoms in total. The number of hydrogen-bond donors (Lipinski definition) is 1. The Kier molecular flexibility index (Phi) is 1.60. The molecule has 0 aliphatic carbocycles. The molecule has 0 atom stereocenters. The van der Waals surface area contributed by atoms with E-state index in [1.54, 1.807) is 12.1 Å². The summed E-state index contributed by atoms with van der Waals surface area (Å²) in [7, 11) is 0. The molecule has 0 spiro atoms. The maximum absolute atomic E-state index is 8.62. The zero-order valence-corrected chi connectivity index (χ0v) is 6.50. The third kappa shape index (κ3) is 1.08. The molecule has 0 aromatic heterocycles. The van der Waals surface area contributed by atoms with Gasteiger partial charge in [-0.2, -0.15) is 5.26 Å². The first-order valence-electron chi connectivity index (χ1n) is 3.81. The summed E-state index contributed by atoms with van der Waals surface area (Å²) < 4.78 is 5.35. The van der Waals surface area contributed by atoms with Crippen LogP contribution in [0.2, 0.25) is 0 Å². The highest BCUT2D eigenvalue weighted by atomic mass is 16.5. The molecule has 0 saturated carbocycles. The number of benzene rings is 1. The molecule has 0 radical (unpaired) electrons. The fraction of sp³-hybridized carbons (Fsp3) is 0.222. The van der Waals surface area contributed by atoms with E-state index >= 15 is 0 Å². The van der Waals surface area contributed by atoms with Crippen LogP contribution in [0.3, 0.4) is 0 Å². The van der Waals surface area contributed by atoms with Crippen molar-refractivity contribution in [3.8, 4) is 11.8 Å². The Morgan fingerprint density at radius 3 is 3.25 bits per heavy atom. The van der Waals surface area contributed by atoms with Gasteiger partial charge in [0.15, 0.2) is 0 Å². The van der Waals surface area contributed by atoms with Gasteiger partial charge in [-0.05, 0) is 18.2 Å². The Bertz CT molecular complexity index is 341. The molecule has 0 bridgehead atoms. The Morgan fingerprint density at radius 1 is 1.50 bits per heavy atom. The Hall–Kier alpha value is -1.69. The van der Waals surface area contributed by atoms with E-state index in [1.165, 1.54) is 0 Å². The van der Waals surface area contributed by atoms with Crippen molar-refractivity contribution in [1.82, 2.24) is 0 Å². The predicted octanol–water partition coefficient (Wildman–Crippen LogP) is 1.36. The van der Waals surface area contributed by atoms with Gasteiger partial charge in [0.05, 0.1) is 17.3 Å². The quantitative estimate of drug-likeness (QED) is 0.623. The van der Waals surface area contributed by atoms with Crippen LogP contribution in [0.15, 0.2) is 18.2 Å². The average Bonchev–Trinajstić information content (AvgIpc) is 2.17. The smallest absolute Gasteiger partial charge is 0.142 e. The number of anilines is 1. The van der Waals surface area contributed by atoms with Gasteiger partial charge in [-0.15, -0.1) is 0 Å². The number of nitrogens with zero attached hydrogens (tertiary/aromatic N) is 1. The number of hydrogen-bond acceptors (Lipinski definition) is 3. The normalized spacial score (nSPS) is 13.6. The van der Waals surface area contributed by atoms with E-state index in [0.717, 1.165) is 18.0 Å². The third-order valence-electron chi connectivity index (χ3n) is 1.78. The maximum atomic E-state index is 8.62. The zero-order chi connectivity index (χ0) is 8.39. The van der Waals surface area contributed by atoms with E-state index in [0.29, 0.717) is 12.2 Å². The van der Waals surface area contributed by atoms with E-state index in [2.05, 4.69) is 11.4 Å². The van der Waals surface area contributed by atoms with Crippen LogP contribution in [-0.4, -0.2) is 13.2 Å². The number of rotatable bonds is 0. The van der Waals surface area contributed by atoms with Gasteiger partial charge >= 0.3 is 0 Å². The summed E-state index contributed by atoms with van der Waals surface area (Å²) in [6, 6.07) is 7.46. The first kappa shape index (κ1) is 6.99. The lowest BCUT2D eigenvalue weighted by Gasteiger charge is -2.18. The van der Waals surface area contributed by atoms with Crippen LogP contribution in [0.25, 0.3) is 0 Å². The molecule has 1 aromatic carbocycles. The van der Waals surface area contributed by atoms with Crippen molar-refractivity contribution in [3.05, 3.63) is 23.8 Å². The monoisotopic (exact) mass is 160 g/mol.